The largest absolute Gasteiger partial charge is 0.499 e. The molecule has 2 rings (SSSR count). The van der Waals surface area contributed by atoms with Crippen molar-refractivity contribution in [1.29, 1.82) is 0 Å². The number of aromatic hydroxyl groups is 1. The van der Waals surface area contributed by atoms with Crippen LogP contribution in [-0.4, -0.2) is 5.11 Å². The molecule has 0 radical (unpaired) electrons. The Kier molecular flexibility index (Phi) is 2.79. The van der Waals surface area contributed by atoms with Crippen molar-refractivity contribution in [1.82, 2.24) is 0 Å². The summed E-state index contributed by atoms with van der Waals surface area (Å²) < 4.78 is 1.18. The van der Waals surface area contributed by atoms with Crippen molar-refractivity contribution in [3.8, 4) is 5.06 Å². The van der Waals surface area contributed by atoms with Crippen molar-refractivity contribution in [2.24, 2.45) is 0 Å². The summed E-state index contributed by atoms with van der Waals surface area (Å²) in [4.78, 5) is 0. The Balaban J connectivity index is 2.68. The summed E-state index contributed by atoms with van der Waals surface area (Å²) in [6, 6.07) is 6.33. The van der Waals surface area contributed by atoms with Crippen LogP contribution in [0.2, 0.25) is 0 Å². The highest BCUT2D eigenvalue weighted by Crippen LogP contribution is 2.37. The van der Waals surface area contributed by atoms with E-state index < -0.39 is 0 Å². The van der Waals surface area contributed by atoms with E-state index in [4.69, 9.17) is 0 Å². The molecule has 74 valence electrons. The van der Waals surface area contributed by atoms with Gasteiger partial charge in [-0.05, 0) is 23.4 Å². The number of rotatable bonds is 2. The molecule has 1 aromatic heterocycles. The molecule has 3 heteroatoms. The monoisotopic (exact) mass is 270 g/mol. The van der Waals surface area contributed by atoms with Gasteiger partial charge in [0.25, 0.3) is 0 Å². The lowest BCUT2D eigenvalue weighted by atomic mass is 10.1. The quantitative estimate of drug-likeness (QED) is 0.816. The van der Waals surface area contributed by atoms with Crippen LogP contribution < -0.4 is 0 Å². The number of aryl methyl sites for hydroxylation is 1. The van der Waals surface area contributed by atoms with Gasteiger partial charge < -0.3 is 5.11 Å². The maximum absolute atomic E-state index is 9.70. The Bertz CT molecular complexity index is 462. The van der Waals surface area contributed by atoms with Gasteiger partial charge in [0.2, 0.25) is 0 Å². The molecule has 1 aromatic carbocycles. The fraction of sp³-hybridized carbons (Fsp3) is 0.273. The van der Waals surface area contributed by atoms with Crippen LogP contribution in [0.3, 0.4) is 0 Å². The topological polar surface area (TPSA) is 20.2 Å². The lowest BCUT2D eigenvalue weighted by molar-refractivity contribution is 0.485. The Morgan fingerprint density at radius 1 is 1.43 bits per heavy atom. The van der Waals surface area contributed by atoms with Gasteiger partial charge in [-0.25, -0.2) is 0 Å². The molecule has 0 saturated carbocycles. The van der Waals surface area contributed by atoms with Gasteiger partial charge in [0, 0.05) is 15.6 Å². The molecule has 0 atom stereocenters. The Morgan fingerprint density at radius 2 is 2.21 bits per heavy atom. The molecule has 0 bridgehead atoms. The molecule has 0 spiro atoms. The molecule has 0 unspecified atom stereocenters. The molecule has 0 aliphatic heterocycles. The second-order valence-corrected chi connectivity index (χ2v) is 4.79. The maximum atomic E-state index is 9.70. The van der Waals surface area contributed by atoms with Gasteiger partial charge in [-0.1, -0.05) is 46.3 Å². The van der Waals surface area contributed by atoms with E-state index in [9.17, 15) is 5.11 Å². The third-order valence-corrected chi connectivity index (χ3v) is 3.99. The Morgan fingerprint density at radius 3 is 2.86 bits per heavy atom. The van der Waals surface area contributed by atoms with Crippen LogP contribution in [0.1, 0.15) is 18.1 Å². The Hall–Kier alpha value is -0.540. The average Bonchev–Trinajstić information content (AvgIpc) is 2.51. The number of benzene rings is 1. The minimum absolute atomic E-state index is 0.467. The minimum atomic E-state index is 0.467. The number of alkyl halides is 1. The predicted molar refractivity (Wildman–Crippen MR) is 65.5 cm³/mol. The van der Waals surface area contributed by atoms with Gasteiger partial charge >= 0.3 is 0 Å². The van der Waals surface area contributed by atoms with Crippen molar-refractivity contribution in [2.75, 3.05) is 0 Å². The van der Waals surface area contributed by atoms with E-state index in [1.807, 2.05) is 0 Å². The van der Waals surface area contributed by atoms with Crippen LogP contribution in [-0.2, 0) is 11.8 Å². The molecular weight excluding hydrogens is 260 g/mol. The second-order valence-electron chi connectivity index (χ2n) is 3.20. The van der Waals surface area contributed by atoms with Crippen LogP contribution in [0, 0.1) is 0 Å². The maximum Gasteiger partial charge on any atom is 0.175 e. The highest BCUT2D eigenvalue weighted by Gasteiger charge is 2.09. The number of hydrogen-bond acceptors (Lipinski definition) is 2. The van der Waals surface area contributed by atoms with Crippen LogP contribution in [0.15, 0.2) is 18.2 Å². The first kappa shape index (κ1) is 9.99. The first-order chi connectivity index (χ1) is 6.76. The lowest BCUT2D eigenvalue weighted by Crippen LogP contribution is -1.78. The molecule has 1 heterocycles. The van der Waals surface area contributed by atoms with Gasteiger partial charge in [0.1, 0.15) is 0 Å². The molecule has 0 amide bonds. The molecule has 14 heavy (non-hydrogen) atoms. The van der Waals surface area contributed by atoms with E-state index in [1.54, 1.807) is 0 Å². The summed E-state index contributed by atoms with van der Waals surface area (Å²) in [6.07, 6.45) is 0.888. The zero-order valence-electron chi connectivity index (χ0n) is 7.88. The SMILES string of the molecule is CCc1c(O)sc2cc(CBr)ccc12. The van der Waals surface area contributed by atoms with Crippen LogP contribution in [0.25, 0.3) is 10.1 Å². The summed E-state index contributed by atoms with van der Waals surface area (Å²) >= 11 is 4.90. The summed E-state index contributed by atoms with van der Waals surface area (Å²) in [6.45, 7) is 2.07. The van der Waals surface area contributed by atoms with Crippen LogP contribution in [0.5, 0.6) is 5.06 Å². The molecule has 0 aliphatic carbocycles. The molecule has 2 aromatic rings. The number of fused-ring (bicyclic) bond motifs is 1. The van der Waals surface area contributed by atoms with Gasteiger partial charge in [-0.2, -0.15) is 0 Å². The molecular formula is C11H11BrOS. The van der Waals surface area contributed by atoms with E-state index in [-0.39, 0.29) is 0 Å². The lowest BCUT2D eigenvalue weighted by Gasteiger charge is -1.97. The summed E-state index contributed by atoms with van der Waals surface area (Å²) in [5, 5.41) is 12.2. The third-order valence-electron chi connectivity index (χ3n) is 2.34. The fourth-order valence-electron chi connectivity index (χ4n) is 1.61. The van der Waals surface area contributed by atoms with E-state index in [1.165, 1.54) is 27.0 Å². The van der Waals surface area contributed by atoms with Gasteiger partial charge in [0.15, 0.2) is 5.06 Å². The van der Waals surface area contributed by atoms with E-state index in [0.717, 1.165) is 17.3 Å². The summed E-state index contributed by atoms with van der Waals surface area (Å²) in [5.41, 5.74) is 2.33. The third kappa shape index (κ3) is 1.55. The van der Waals surface area contributed by atoms with Gasteiger partial charge in [-0.3, -0.25) is 0 Å². The van der Waals surface area contributed by atoms with Crippen molar-refractivity contribution in [3.05, 3.63) is 29.3 Å². The molecule has 0 fully saturated rings. The van der Waals surface area contributed by atoms with Crippen molar-refractivity contribution in [2.45, 2.75) is 18.7 Å². The molecule has 1 nitrogen and oxygen atoms in total. The van der Waals surface area contributed by atoms with E-state index >= 15 is 0 Å². The second kappa shape index (κ2) is 3.91. The first-order valence-corrected chi connectivity index (χ1v) is 6.49. The number of hydrogen-bond donors (Lipinski definition) is 1. The van der Waals surface area contributed by atoms with Crippen molar-refractivity contribution in [3.63, 3.8) is 0 Å². The van der Waals surface area contributed by atoms with E-state index in [2.05, 4.69) is 41.1 Å². The average molecular weight is 271 g/mol. The summed E-state index contributed by atoms with van der Waals surface area (Å²) in [7, 11) is 0. The molecule has 1 N–H and O–H groups in total. The highest BCUT2D eigenvalue weighted by atomic mass is 79.9. The smallest absolute Gasteiger partial charge is 0.175 e. The normalized spacial score (nSPS) is 11.0. The van der Waals surface area contributed by atoms with E-state index in [0.29, 0.717) is 5.06 Å². The molecule has 0 saturated heterocycles. The first-order valence-electron chi connectivity index (χ1n) is 4.55. The minimum Gasteiger partial charge on any atom is -0.499 e. The van der Waals surface area contributed by atoms with Crippen LogP contribution >= 0.6 is 27.3 Å². The zero-order chi connectivity index (χ0) is 10.1. The number of thiophene rings is 1. The van der Waals surface area contributed by atoms with Gasteiger partial charge in [-0.15, -0.1) is 0 Å². The number of halogens is 1. The standard InChI is InChI=1S/C11H11BrOS/c1-2-8-9-4-3-7(6-12)5-10(9)14-11(8)13/h3-5,13H,2,6H2,1H3. The van der Waals surface area contributed by atoms with Crippen molar-refractivity contribution < 1.29 is 5.11 Å². The van der Waals surface area contributed by atoms with Crippen molar-refractivity contribution >= 4 is 37.4 Å². The molecule has 0 aliphatic rings. The predicted octanol–water partition coefficient (Wildman–Crippen LogP) is 4.06. The fourth-order valence-corrected chi connectivity index (χ4v) is 3.05. The highest BCUT2D eigenvalue weighted by molar-refractivity contribution is 9.08. The van der Waals surface area contributed by atoms with Gasteiger partial charge in [0.05, 0.1) is 0 Å². The summed E-state index contributed by atoms with van der Waals surface area (Å²) in [5.74, 6) is 0. The zero-order valence-corrected chi connectivity index (χ0v) is 10.3. The Labute approximate surface area is 95.5 Å². The van der Waals surface area contributed by atoms with Crippen LogP contribution in [0.4, 0.5) is 0 Å².